The van der Waals surface area contributed by atoms with E-state index in [0.717, 1.165) is 16.7 Å². The molecule has 1 aliphatic rings. The van der Waals surface area contributed by atoms with E-state index < -0.39 is 16.1 Å². The molecule has 2 rings (SSSR count). The molecule has 1 N–H and O–H groups in total. The Morgan fingerprint density at radius 2 is 1.81 bits per heavy atom. The van der Waals surface area contributed by atoms with Crippen LogP contribution in [0.4, 0.5) is 0 Å². The fraction of sp³-hybridized carbons (Fsp3) is 0.533. The van der Waals surface area contributed by atoms with Gasteiger partial charge in [-0.2, -0.15) is 4.31 Å². The molecular weight excluding hydrogens is 288 g/mol. The van der Waals surface area contributed by atoms with Crippen LogP contribution in [0.25, 0.3) is 0 Å². The average Bonchev–Trinajstić information content (AvgIpc) is 2.86. The first-order chi connectivity index (χ1) is 9.78. The minimum Gasteiger partial charge on any atom is -0.358 e. The number of carbonyl (C=O) groups is 1. The van der Waals surface area contributed by atoms with Crippen LogP contribution in [0.3, 0.4) is 0 Å². The van der Waals surface area contributed by atoms with E-state index in [1.54, 1.807) is 13.8 Å². The summed E-state index contributed by atoms with van der Waals surface area (Å²) in [5.74, 6) is -0.238. The molecule has 1 atom stereocenters. The van der Waals surface area contributed by atoms with Gasteiger partial charge in [-0.15, -0.1) is 0 Å². The summed E-state index contributed by atoms with van der Waals surface area (Å²) in [4.78, 5) is 12.2. The first-order valence-corrected chi connectivity index (χ1v) is 8.54. The fourth-order valence-corrected chi connectivity index (χ4v) is 5.22. The summed E-state index contributed by atoms with van der Waals surface area (Å²) in [6, 6.07) is 3.13. The quantitative estimate of drug-likeness (QED) is 0.920. The van der Waals surface area contributed by atoms with E-state index in [1.807, 2.05) is 19.1 Å². The van der Waals surface area contributed by atoms with Gasteiger partial charge in [0.2, 0.25) is 15.9 Å². The van der Waals surface area contributed by atoms with Gasteiger partial charge in [0.1, 0.15) is 6.04 Å². The van der Waals surface area contributed by atoms with Crippen LogP contribution in [0.5, 0.6) is 0 Å². The van der Waals surface area contributed by atoms with E-state index in [2.05, 4.69) is 5.32 Å². The van der Waals surface area contributed by atoms with Crippen molar-refractivity contribution in [3.05, 3.63) is 28.8 Å². The van der Waals surface area contributed by atoms with Crippen molar-refractivity contribution in [2.45, 2.75) is 44.6 Å². The number of hydrogen-bond acceptors (Lipinski definition) is 3. The predicted molar refractivity (Wildman–Crippen MR) is 81.6 cm³/mol. The highest BCUT2D eigenvalue weighted by Crippen LogP contribution is 2.30. The Morgan fingerprint density at radius 1 is 1.24 bits per heavy atom. The zero-order valence-corrected chi connectivity index (χ0v) is 13.8. The number of sulfonamides is 1. The molecule has 0 bridgehead atoms. The van der Waals surface area contributed by atoms with Gasteiger partial charge < -0.3 is 5.32 Å². The van der Waals surface area contributed by atoms with E-state index in [4.69, 9.17) is 0 Å². The van der Waals surface area contributed by atoms with Crippen molar-refractivity contribution in [2.75, 3.05) is 13.6 Å². The fourth-order valence-electron chi connectivity index (χ4n) is 3.15. The molecule has 21 heavy (non-hydrogen) atoms. The van der Waals surface area contributed by atoms with E-state index in [1.165, 1.54) is 11.4 Å². The highest BCUT2D eigenvalue weighted by atomic mass is 32.2. The number of aryl methyl sites for hydroxylation is 3. The molecule has 1 aromatic rings. The van der Waals surface area contributed by atoms with Crippen LogP contribution in [0, 0.1) is 20.8 Å². The normalized spacial score (nSPS) is 19.7. The number of benzene rings is 1. The molecule has 116 valence electrons. The highest BCUT2D eigenvalue weighted by molar-refractivity contribution is 7.89. The molecule has 1 saturated heterocycles. The number of hydrogen-bond donors (Lipinski definition) is 1. The summed E-state index contributed by atoms with van der Waals surface area (Å²) in [7, 11) is -2.11. The SMILES string of the molecule is CNC(=O)C1CCCN1S(=O)(=O)c1c(C)cc(C)cc1C. The molecule has 0 radical (unpaired) electrons. The lowest BCUT2D eigenvalue weighted by atomic mass is 10.1. The largest absolute Gasteiger partial charge is 0.358 e. The van der Waals surface area contributed by atoms with Crippen molar-refractivity contribution in [3.63, 3.8) is 0 Å². The van der Waals surface area contributed by atoms with Crippen molar-refractivity contribution in [3.8, 4) is 0 Å². The predicted octanol–water partition coefficient (Wildman–Crippen LogP) is 1.51. The second kappa shape index (κ2) is 5.77. The van der Waals surface area contributed by atoms with Gasteiger partial charge in [-0.25, -0.2) is 8.42 Å². The van der Waals surface area contributed by atoms with Crippen molar-refractivity contribution in [1.29, 1.82) is 0 Å². The number of nitrogens with zero attached hydrogens (tertiary/aromatic N) is 1. The van der Waals surface area contributed by atoms with E-state index in [9.17, 15) is 13.2 Å². The highest BCUT2D eigenvalue weighted by Gasteiger charge is 2.40. The first-order valence-electron chi connectivity index (χ1n) is 7.10. The molecule has 1 heterocycles. The monoisotopic (exact) mass is 310 g/mol. The van der Waals surface area contributed by atoms with Gasteiger partial charge in [0.25, 0.3) is 0 Å². The van der Waals surface area contributed by atoms with Crippen LogP contribution in [0.1, 0.15) is 29.5 Å². The maximum absolute atomic E-state index is 13.0. The van der Waals surface area contributed by atoms with Gasteiger partial charge in [0.05, 0.1) is 4.90 Å². The minimum absolute atomic E-state index is 0.238. The Kier molecular flexibility index (Phi) is 4.39. The van der Waals surface area contributed by atoms with Gasteiger partial charge in [-0.1, -0.05) is 17.7 Å². The van der Waals surface area contributed by atoms with Crippen LogP contribution in [-0.4, -0.2) is 38.3 Å². The van der Waals surface area contributed by atoms with Gasteiger partial charge in [-0.3, -0.25) is 4.79 Å². The molecule has 5 nitrogen and oxygen atoms in total. The summed E-state index contributed by atoms with van der Waals surface area (Å²) >= 11 is 0. The summed E-state index contributed by atoms with van der Waals surface area (Å²) in [6.45, 7) is 5.95. The third kappa shape index (κ3) is 2.82. The number of rotatable bonds is 3. The zero-order valence-electron chi connectivity index (χ0n) is 12.9. The number of nitrogens with one attached hydrogen (secondary N) is 1. The van der Waals surface area contributed by atoms with Crippen molar-refractivity contribution < 1.29 is 13.2 Å². The summed E-state index contributed by atoms with van der Waals surface area (Å²) in [6.07, 6.45) is 1.28. The molecule has 0 aromatic heterocycles. The van der Waals surface area contributed by atoms with Crippen LogP contribution in [-0.2, 0) is 14.8 Å². The maximum atomic E-state index is 13.0. The summed E-state index contributed by atoms with van der Waals surface area (Å²) < 4.78 is 27.3. The van der Waals surface area contributed by atoms with Gasteiger partial charge in [-0.05, 0) is 44.7 Å². The first kappa shape index (κ1) is 16.0. The van der Waals surface area contributed by atoms with E-state index in [0.29, 0.717) is 24.3 Å². The molecule has 6 heteroatoms. The zero-order chi connectivity index (χ0) is 15.8. The smallest absolute Gasteiger partial charge is 0.244 e. The second-order valence-corrected chi connectivity index (χ2v) is 7.44. The lowest BCUT2D eigenvalue weighted by molar-refractivity contribution is -0.123. The number of amides is 1. The van der Waals surface area contributed by atoms with Gasteiger partial charge in [0.15, 0.2) is 0 Å². The van der Waals surface area contributed by atoms with Crippen LogP contribution in [0.2, 0.25) is 0 Å². The van der Waals surface area contributed by atoms with Crippen LogP contribution >= 0.6 is 0 Å². The lowest BCUT2D eigenvalue weighted by Crippen LogP contribution is -2.45. The van der Waals surface area contributed by atoms with Crippen LogP contribution < -0.4 is 5.32 Å². The Labute approximate surface area is 126 Å². The Bertz CT molecular complexity index is 644. The Balaban J connectivity index is 2.50. The molecular formula is C15H22N2O3S. The van der Waals surface area contributed by atoms with Crippen molar-refractivity contribution in [2.24, 2.45) is 0 Å². The number of carbonyl (C=O) groups excluding carboxylic acids is 1. The average molecular weight is 310 g/mol. The third-order valence-electron chi connectivity index (χ3n) is 3.92. The van der Waals surface area contributed by atoms with E-state index in [-0.39, 0.29) is 5.91 Å². The second-order valence-electron chi connectivity index (χ2n) is 5.62. The molecule has 1 aliphatic heterocycles. The topological polar surface area (TPSA) is 66.5 Å². The molecule has 1 fully saturated rings. The van der Waals surface area contributed by atoms with Crippen LogP contribution in [0.15, 0.2) is 17.0 Å². The van der Waals surface area contributed by atoms with Gasteiger partial charge in [0, 0.05) is 13.6 Å². The van der Waals surface area contributed by atoms with Gasteiger partial charge >= 0.3 is 0 Å². The van der Waals surface area contributed by atoms with E-state index >= 15 is 0 Å². The Morgan fingerprint density at radius 3 is 2.33 bits per heavy atom. The van der Waals surface area contributed by atoms with Crippen molar-refractivity contribution >= 4 is 15.9 Å². The molecule has 0 spiro atoms. The number of likely N-dealkylation sites (N-methyl/N-ethyl adjacent to an activating group) is 1. The molecule has 0 aliphatic carbocycles. The summed E-state index contributed by atoms with van der Waals surface area (Å²) in [5, 5.41) is 2.55. The standard InChI is InChI=1S/C15H22N2O3S/c1-10-8-11(2)14(12(3)9-10)21(19,20)17-7-5-6-13(17)15(18)16-4/h8-9,13H,5-7H2,1-4H3,(H,16,18). The summed E-state index contributed by atoms with van der Waals surface area (Å²) in [5.41, 5.74) is 2.50. The van der Waals surface area contributed by atoms with Crippen molar-refractivity contribution in [1.82, 2.24) is 9.62 Å². The minimum atomic E-state index is -3.65. The third-order valence-corrected chi connectivity index (χ3v) is 6.14. The molecule has 1 amide bonds. The Hall–Kier alpha value is -1.40. The molecule has 1 aromatic carbocycles. The molecule has 0 saturated carbocycles. The molecule has 1 unspecified atom stereocenters. The maximum Gasteiger partial charge on any atom is 0.244 e. The lowest BCUT2D eigenvalue weighted by Gasteiger charge is -2.24.